The minimum atomic E-state index is -2.16. The molecule has 28 heteroatoms. The van der Waals surface area contributed by atoms with E-state index in [1.807, 2.05) is 53.9 Å². The Bertz CT molecular complexity index is 3070. The number of hydrogen-bond donors (Lipinski definition) is 8. The van der Waals surface area contributed by atoms with Crippen LogP contribution in [-0.2, 0) is 67.3 Å². The molecular formula is C60H85ClN10O17. The highest BCUT2D eigenvalue weighted by molar-refractivity contribution is 6.35. The van der Waals surface area contributed by atoms with Gasteiger partial charge in [-0.3, -0.25) is 39.5 Å². The lowest BCUT2D eigenvalue weighted by atomic mass is 9.83. The fourth-order valence-electron chi connectivity index (χ4n) is 10.8. The minimum Gasteiger partial charge on any atom is -0.495 e. The van der Waals surface area contributed by atoms with Gasteiger partial charge >= 0.3 is 12.1 Å². The van der Waals surface area contributed by atoms with Gasteiger partial charge in [0, 0.05) is 90.3 Å². The summed E-state index contributed by atoms with van der Waals surface area (Å²) in [5, 5.41) is 60.5. The standard InChI is InChI=1S/C60H85ClN10O17/c1-37-13-12-16-47(75)60(84)32-46(86-58(83)64-60)38(2)56-59(4,88-56)48(31-51(78)67(8)44-28-40(27-37)29-45(85-9)55(44)61)87-57(82)39(3)66(7)50(77)18-19-68(21-24-72)53(80)35-70(23-26-74)54(81)36-69(22-25-73)52(79)33-63-49(76)17-20-71-42(34-65(6)62-5)30-41-14-10-11-15-43(41)71/h10-16,28-30,38-39,46-48,56,62,72-75,84H,17-27,31-36H2,1-9H3,(H,63,76)(H,64,83)/b16-12+,37-13+/t38-,39+,46+,47-,48+,56?,59+,60+/m1/s1. The Morgan fingerprint density at radius 3 is 2.23 bits per heavy atom. The highest BCUT2D eigenvalue weighted by Gasteiger charge is 2.64. The first kappa shape index (κ1) is 69.9. The van der Waals surface area contributed by atoms with E-state index < -0.39 is 148 Å². The van der Waals surface area contributed by atoms with Crippen molar-refractivity contribution >= 4 is 75.7 Å². The number of methoxy groups -OCH3 is 1. The monoisotopic (exact) mass is 1250 g/mol. The largest absolute Gasteiger partial charge is 0.495 e. The maximum absolute atomic E-state index is 14.4. The number of rotatable bonds is 25. The molecule has 2 fully saturated rings. The predicted octanol–water partition coefficient (Wildman–Crippen LogP) is 0.441. The summed E-state index contributed by atoms with van der Waals surface area (Å²) in [5.74, 6) is -5.30. The first-order valence-electron chi connectivity index (χ1n) is 29.1. The molecule has 2 saturated heterocycles. The number of nitrogens with one attached hydrogen (secondary N) is 3. The number of anilines is 1. The van der Waals surface area contributed by atoms with E-state index >= 15 is 0 Å². The van der Waals surface area contributed by atoms with E-state index in [-0.39, 0.29) is 55.5 Å². The number of aryl methyl sites for hydroxylation is 1. The number of esters is 1. The number of aliphatic hydroxyl groups excluding tert-OH is 4. The number of amides is 7. The number of hydrogen-bond acceptors (Lipinski definition) is 19. The molecule has 2 aromatic carbocycles. The van der Waals surface area contributed by atoms with Gasteiger partial charge in [0.25, 0.3) is 0 Å². The van der Waals surface area contributed by atoms with Crippen molar-refractivity contribution in [3.63, 3.8) is 0 Å². The molecule has 0 spiro atoms. The lowest BCUT2D eigenvalue weighted by molar-refractivity contribution is -0.162. The molecule has 8 N–H and O–H groups in total. The molecule has 7 amide bonds. The normalized spacial score (nSPS) is 23.3. The first-order chi connectivity index (χ1) is 41.7. The molecular weight excluding hydrogens is 1170 g/mol. The number of nitrogens with zero attached hydrogens (tertiary/aromatic N) is 7. The summed E-state index contributed by atoms with van der Waals surface area (Å²) < 4.78 is 25.6. The van der Waals surface area contributed by atoms with E-state index in [2.05, 4.69) is 16.1 Å². The van der Waals surface area contributed by atoms with Gasteiger partial charge in [-0.05, 0) is 69.5 Å². The highest BCUT2D eigenvalue weighted by Crippen LogP contribution is 2.49. The second-order valence-corrected chi connectivity index (χ2v) is 23.0. The maximum Gasteiger partial charge on any atom is 0.409 e. The number of carbonyl (C=O) groups excluding carboxylic acids is 8. The van der Waals surface area contributed by atoms with Crippen molar-refractivity contribution in [2.45, 2.75) is 115 Å². The number of hydrazine groups is 1. The molecule has 27 nitrogen and oxygen atoms in total. The van der Waals surface area contributed by atoms with Gasteiger partial charge in [0.15, 0.2) is 5.72 Å². The Hall–Kier alpha value is -7.21. The molecule has 1 aromatic heterocycles. The number of likely N-dealkylation sites (N-methyl/N-ethyl adjacent to an activating group) is 1. The second-order valence-electron chi connectivity index (χ2n) is 22.6. The van der Waals surface area contributed by atoms with Gasteiger partial charge < -0.3 is 78.9 Å². The van der Waals surface area contributed by atoms with Crippen molar-refractivity contribution in [3.8, 4) is 5.75 Å². The van der Waals surface area contributed by atoms with Gasteiger partial charge in [-0.25, -0.2) is 14.6 Å². The Morgan fingerprint density at radius 1 is 0.920 bits per heavy atom. The zero-order chi connectivity index (χ0) is 64.8. The van der Waals surface area contributed by atoms with Crippen LogP contribution in [0.3, 0.4) is 0 Å². The van der Waals surface area contributed by atoms with Gasteiger partial charge in [-0.15, -0.1) is 0 Å². The predicted molar refractivity (Wildman–Crippen MR) is 322 cm³/mol. The zero-order valence-electron chi connectivity index (χ0n) is 51.4. The lowest BCUT2D eigenvalue weighted by Gasteiger charge is -2.41. The summed E-state index contributed by atoms with van der Waals surface area (Å²) in [6.45, 7) is 2.64. The van der Waals surface area contributed by atoms with Crippen molar-refractivity contribution in [1.29, 1.82) is 0 Å². The summed E-state index contributed by atoms with van der Waals surface area (Å²) in [5.41, 5.74) is 3.13. The molecule has 4 heterocycles. The van der Waals surface area contributed by atoms with E-state index in [4.69, 9.17) is 30.5 Å². The molecule has 4 bridgehead atoms. The van der Waals surface area contributed by atoms with Crippen LogP contribution in [-0.4, -0.2) is 245 Å². The molecule has 484 valence electrons. The Balaban J connectivity index is 1.10. The van der Waals surface area contributed by atoms with Gasteiger partial charge in [-0.2, -0.15) is 0 Å². The molecule has 6 rings (SSSR count). The van der Waals surface area contributed by atoms with Crippen molar-refractivity contribution in [3.05, 3.63) is 82.5 Å². The minimum absolute atomic E-state index is 0.0220. The number of fused-ring (bicyclic) bond motifs is 6. The fourth-order valence-corrected chi connectivity index (χ4v) is 11.1. The third kappa shape index (κ3) is 17.6. The van der Waals surface area contributed by atoms with Gasteiger partial charge in [0.1, 0.15) is 40.7 Å². The summed E-state index contributed by atoms with van der Waals surface area (Å²) in [6.07, 6.45) is -2.06. The van der Waals surface area contributed by atoms with Crippen LogP contribution in [0.25, 0.3) is 10.9 Å². The molecule has 3 aliphatic rings. The molecule has 0 saturated carbocycles. The van der Waals surface area contributed by atoms with Crippen LogP contribution >= 0.6 is 11.6 Å². The SMILES string of the molecule is CNN(C)Cc1cc2ccccc2n1CCC(=O)NCC(=O)N(CCO)CC(=O)N(CCO)CC(=O)N(CCO)CCC(=O)N(C)[C@@H](C)C(=O)O[C@H]1CC(=O)N(C)c2cc(cc(OC)c2Cl)C/C(C)=C/C=C/[C@@H](O)[C@@]2(O)C[C@H](OC(=O)N2)[C@@H](C)C2O[C@]21C. The van der Waals surface area contributed by atoms with E-state index in [9.17, 15) is 63.9 Å². The molecule has 3 aliphatic heterocycles. The number of aliphatic hydroxyl groups is 5. The van der Waals surface area contributed by atoms with E-state index in [0.29, 0.717) is 25.1 Å². The van der Waals surface area contributed by atoms with Crippen molar-refractivity contribution < 1.29 is 82.8 Å². The van der Waals surface area contributed by atoms with Crippen LogP contribution in [0.2, 0.25) is 5.02 Å². The van der Waals surface area contributed by atoms with Gasteiger partial charge in [0.05, 0.1) is 71.3 Å². The summed E-state index contributed by atoms with van der Waals surface area (Å²) >= 11 is 6.81. The number of alkyl carbamates (subject to hydrolysis) is 1. The molecule has 1 unspecified atom stereocenters. The lowest BCUT2D eigenvalue weighted by Crippen LogP contribution is -2.63. The van der Waals surface area contributed by atoms with Crippen molar-refractivity contribution in [2.24, 2.45) is 5.92 Å². The average Bonchev–Trinajstić information content (AvgIpc) is 2.25. The molecule has 88 heavy (non-hydrogen) atoms. The number of halogens is 1. The molecule has 8 atom stereocenters. The smallest absolute Gasteiger partial charge is 0.409 e. The summed E-state index contributed by atoms with van der Waals surface area (Å²) in [7, 11) is 7.92. The number of epoxide rings is 1. The molecule has 0 radical (unpaired) electrons. The van der Waals surface area contributed by atoms with Gasteiger partial charge in [-0.1, -0.05) is 60.5 Å². The van der Waals surface area contributed by atoms with Crippen LogP contribution in [0, 0.1) is 5.92 Å². The number of para-hydroxylation sites is 1. The number of carbonyl (C=O) groups is 8. The van der Waals surface area contributed by atoms with Crippen LogP contribution in [0.4, 0.5) is 10.5 Å². The average molecular weight is 1250 g/mol. The Labute approximate surface area is 516 Å². The number of ether oxygens (including phenoxy) is 4. The highest BCUT2D eigenvalue weighted by atomic mass is 35.5. The Kier molecular flexibility index (Phi) is 24.9. The Morgan fingerprint density at radius 2 is 1.57 bits per heavy atom. The van der Waals surface area contributed by atoms with E-state index in [0.717, 1.165) is 41.8 Å². The van der Waals surface area contributed by atoms with E-state index in [1.54, 1.807) is 45.2 Å². The second kappa shape index (κ2) is 31.3. The van der Waals surface area contributed by atoms with Crippen LogP contribution in [0.5, 0.6) is 5.75 Å². The van der Waals surface area contributed by atoms with Crippen LogP contribution in [0.1, 0.15) is 64.6 Å². The molecule has 3 aromatic rings. The third-order valence-corrected chi connectivity index (χ3v) is 16.8. The van der Waals surface area contributed by atoms with E-state index in [1.165, 1.54) is 39.1 Å². The van der Waals surface area contributed by atoms with Crippen LogP contribution < -0.4 is 25.7 Å². The quantitative estimate of drug-likeness (QED) is 0.0324. The zero-order valence-corrected chi connectivity index (χ0v) is 52.2. The van der Waals surface area contributed by atoms with Crippen LogP contribution in [0.15, 0.2) is 66.3 Å². The summed E-state index contributed by atoms with van der Waals surface area (Å²) in [4.78, 5) is 115. The first-order valence-corrected chi connectivity index (χ1v) is 29.5. The number of allylic oxidation sites excluding steroid dienone is 3. The maximum atomic E-state index is 14.4. The van der Waals surface area contributed by atoms with Crippen molar-refractivity contribution in [2.75, 3.05) is 106 Å². The fraction of sp³-hybridized carbons (Fsp3) is 0.567. The topological polar surface area (TPSA) is 338 Å². The number of benzene rings is 2. The third-order valence-electron chi connectivity index (χ3n) is 16.4. The number of aromatic nitrogens is 1. The molecule has 0 aliphatic carbocycles. The summed E-state index contributed by atoms with van der Waals surface area (Å²) in [6, 6.07) is 11.9. The van der Waals surface area contributed by atoms with Gasteiger partial charge in [0.2, 0.25) is 35.4 Å². The van der Waals surface area contributed by atoms with Crippen molar-refractivity contribution in [1.82, 2.24) is 45.2 Å².